The van der Waals surface area contributed by atoms with Gasteiger partial charge in [-0.3, -0.25) is 14.2 Å². The Hall–Kier alpha value is -2.61. The van der Waals surface area contributed by atoms with E-state index in [0.717, 1.165) is 17.0 Å². The van der Waals surface area contributed by atoms with E-state index in [0.29, 0.717) is 16.6 Å². The van der Waals surface area contributed by atoms with Gasteiger partial charge >= 0.3 is 5.97 Å². The maximum Gasteiger partial charge on any atom is 0.303 e. The second-order valence-electron chi connectivity index (χ2n) is 5.77. The zero-order valence-corrected chi connectivity index (χ0v) is 14.8. The van der Waals surface area contributed by atoms with Crippen LogP contribution in [0.4, 0.5) is 8.78 Å². The van der Waals surface area contributed by atoms with Gasteiger partial charge in [-0.15, -0.1) is 11.3 Å². The number of aromatic nitrogens is 2. The Labute approximate surface area is 151 Å². The molecular formula is C18H16F2N2O3S. The molecule has 0 aliphatic heterocycles. The largest absolute Gasteiger partial charge is 0.481 e. The lowest BCUT2D eigenvalue weighted by Gasteiger charge is -2.13. The summed E-state index contributed by atoms with van der Waals surface area (Å²) >= 11 is 1.31. The molecule has 8 heteroatoms. The van der Waals surface area contributed by atoms with E-state index < -0.39 is 23.2 Å². The van der Waals surface area contributed by atoms with Gasteiger partial charge in [0.25, 0.3) is 5.56 Å². The molecule has 5 nitrogen and oxygen atoms in total. The Balaban J connectivity index is 2.24. The first kappa shape index (κ1) is 18.2. The Kier molecular flexibility index (Phi) is 5.13. The molecule has 0 radical (unpaired) electrons. The van der Waals surface area contributed by atoms with Crippen molar-refractivity contribution in [2.45, 2.75) is 32.7 Å². The van der Waals surface area contributed by atoms with E-state index in [1.807, 2.05) is 6.92 Å². The zero-order chi connectivity index (χ0) is 18.8. The number of benzene rings is 1. The number of rotatable bonds is 6. The molecule has 1 aromatic carbocycles. The van der Waals surface area contributed by atoms with Crippen molar-refractivity contribution >= 4 is 27.5 Å². The highest BCUT2D eigenvalue weighted by atomic mass is 32.1. The molecule has 0 aliphatic carbocycles. The molecular weight excluding hydrogens is 362 g/mol. The molecule has 0 aliphatic rings. The zero-order valence-electron chi connectivity index (χ0n) is 14.0. The van der Waals surface area contributed by atoms with E-state index in [2.05, 4.69) is 4.98 Å². The average Bonchev–Trinajstić information content (AvgIpc) is 3.00. The maximum absolute atomic E-state index is 14.3. The summed E-state index contributed by atoms with van der Waals surface area (Å²) in [5.74, 6) is -2.77. The van der Waals surface area contributed by atoms with E-state index in [4.69, 9.17) is 5.11 Å². The Morgan fingerprint density at radius 3 is 2.62 bits per heavy atom. The van der Waals surface area contributed by atoms with Crippen molar-refractivity contribution in [1.29, 1.82) is 0 Å². The number of nitrogens with zero attached hydrogens (tertiary/aromatic N) is 2. The fourth-order valence-electron chi connectivity index (χ4n) is 2.74. The van der Waals surface area contributed by atoms with Gasteiger partial charge in [0.15, 0.2) is 0 Å². The molecule has 136 valence electrons. The predicted octanol–water partition coefficient (Wildman–Crippen LogP) is 3.83. The number of carboxylic acids is 1. The topological polar surface area (TPSA) is 72.2 Å². The molecule has 0 fully saturated rings. The molecule has 0 spiro atoms. The number of thiophene rings is 1. The summed E-state index contributed by atoms with van der Waals surface area (Å²) in [6.45, 7) is 1.95. The standard InChI is InChI=1S/C18H16F2N2O3S/c1-2-10-9-11-17(26-10)21-16(15-12(19)5-3-6-13(15)20)22(18(11)25)8-4-7-14(23)24/h3,5-6,9H,2,4,7-8H2,1H3,(H,23,24). The van der Waals surface area contributed by atoms with Crippen LogP contribution in [0.15, 0.2) is 29.1 Å². The third kappa shape index (κ3) is 3.37. The van der Waals surface area contributed by atoms with Crippen molar-refractivity contribution in [3.8, 4) is 11.4 Å². The van der Waals surface area contributed by atoms with Crippen LogP contribution in [0.5, 0.6) is 0 Å². The number of carboxylic acid groups (broad SMARTS) is 1. The number of carbonyl (C=O) groups is 1. The van der Waals surface area contributed by atoms with Gasteiger partial charge in [-0.05, 0) is 31.0 Å². The summed E-state index contributed by atoms with van der Waals surface area (Å²) in [7, 11) is 0. The van der Waals surface area contributed by atoms with Gasteiger partial charge in [0.05, 0.1) is 10.9 Å². The van der Waals surface area contributed by atoms with Crippen molar-refractivity contribution in [3.63, 3.8) is 0 Å². The minimum atomic E-state index is -1.01. The normalized spacial score (nSPS) is 11.2. The van der Waals surface area contributed by atoms with E-state index in [9.17, 15) is 18.4 Å². The van der Waals surface area contributed by atoms with Gasteiger partial charge < -0.3 is 5.11 Å². The van der Waals surface area contributed by atoms with Crippen molar-refractivity contribution in [2.24, 2.45) is 0 Å². The molecule has 0 saturated heterocycles. The molecule has 3 aromatic rings. The first-order valence-corrected chi connectivity index (χ1v) is 8.93. The Bertz CT molecular complexity index is 1020. The monoisotopic (exact) mass is 378 g/mol. The lowest BCUT2D eigenvalue weighted by atomic mass is 10.1. The van der Waals surface area contributed by atoms with Crippen LogP contribution in [0, 0.1) is 11.6 Å². The van der Waals surface area contributed by atoms with Crippen LogP contribution in [-0.4, -0.2) is 20.6 Å². The van der Waals surface area contributed by atoms with Crippen LogP contribution in [0.3, 0.4) is 0 Å². The first-order chi connectivity index (χ1) is 12.4. The lowest BCUT2D eigenvalue weighted by molar-refractivity contribution is -0.137. The number of hydrogen-bond acceptors (Lipinski definition) is 4. The maximum atomic E-state index is 14.3. The van der Waals surface area contributed by atoms with Crippen LogP contribution in [0.2, 0.25) is 0 Å². The fourth-order valence-corrected chi connectivity index (χ4v) is 3.70. The molecule has 2 heterocycles. The van der Waals surface area contributed by atoms with Gasteiger partial charge in [-0.2, -0.15) is 0 Å². The summed E-state index contributed by atoms with van der Waals surface area (Å²) in [5.41, 5.74) is -0.803. The van der Waals surface area contributed by atoms with Gasteiger partial charge in [0.1, 0.15) is 22.3 Å². The molecule has 3 rings (SSSR count). The SMILES string of the molecule is CCc1cc2c(=O)n(CCCC(=O)O)c(-c3c(F)cccc3F)nc2s1. The third-order valence-electron chi connectivity index (χ3n) is 4.01. The van der Waals surface area contributed by atoms with E-state index in [1.54, 1.807) is 6.07 Å². The van der Waals surface area contributed by atoms with Crippen LogP contribution in [0.1, 0.15) is 24.6 Å². The molecule has 2 aromatic heterocycles. The molecule has 0 unspecified atom stereocenters. The average molecular weight is 378 g/mol. The second kappa shape index (κ2) is 7.33. The number of aliphatic carboxylic acids is 1. The predicted molar refractivity (Wildman–Crippen MR) is 95.5 cm³/mol. The second-order valence-corrected chi connectivity index (χ2v) is 6.89. The van der Waals surface area contributed by atoms with Gasteiger partial charge in [0.2, 0.25) is 0 Å². The molecule has 1 N–H and O–H groups in total. The van der Waals surface area contributed by atoms with Crippen LogP contribution < -0.4 is 5.56 Å². The van der Waals surface area contributed by atoms with Crippen LogP contribution in [-0.2, 0) is 17.8 Å². The number of halogens is 2. The quantitative estimate of drug-likeness (QED) is 0.708. The van der Waals surface area contributed by atoms with Crippen LogP contribution >= 0.6 is 11.3 Å². The van der Waals surface area contributed by atoms with Gasteiger partial charge in [0, 0.05) is 17.8 Å². The highest BCUT2D eigenvalue weighted by molar-refractivity contribution is 7.18. The molecule has 0 bridgehead atoms. The highest BCUT2D eigenvalue weighted by Gasteiger charge is 2.20. The lowest BCUT2D eigenvalue weighted by Crippen LogP contribution is -2.24. The minimum Gasteiger partial charge on any atom is -0.481 e. The van der Waals surface area contributed by atoms with E-state index in [1.165, 1.54) is 22.0 Å². The molecule has 0 saturated carbocycles. The smallest absolute Gasteiger partial charge is 0.303 e. The van der Waals surface area contributed by atoms with Crippen molar-refractivity contribution in [2.75, 3.05) is 0 Å². The number of aryl methyl sites for hydroxylation is 1. The summed E-state index contributed by atoms with van der Waals surface area (Å²) in [6, 6.07) is 5.16. The van der Waals surface area contributed by atoms with Crippen LogP contribution in [0.25, 0.3) is 21.6 Å². The highest BCUT2D eigenvalue weighted by Crippen LogP contribution is 2.28. The summed E-state index contributed by atoms with van der Waals surface area (Å²) in [4.78, 5) is 29.4. The van der Waals surface area contributed by atoms with Crippen molar-refractivity contribution in [3.05, 3.63) is 51.1 Å². The summed E-state index contributed by atoms with van der Waals surface area (Å²) in [5, 5.41) is 9.20. The van der Waals surface area contributed by atoms with Gasteiger partial charge in [-0.25, -0.2) is 13.8 Å². The van der Waals surface area contributed by atoms with E-state index in [-0.39, 0.29) is 30.8 Å². The number of hydrogen-bond donors (Lipinski definition) is 1. The van der Waals surface area contributed by atoms with Crippen molar-refractivity contribution in [1.82, 2.24) is 9.55 Å². The van der Waals surface area contributed by atoms with Crippen molar-refractivity contribution < 1.29 is 18.7 Å². The molecule has 0 atom stereocenters. The first-order valence-electron chi connectivity index (χ1n) is 8.11. The molecule has 26 heavy (non-hydrogen) atoms. The van der Waals surface area contributed by atoms with Gasteiger partial charge in [-0.1, -0.05) is 13.0 Å². The Morgan fingerprint density at radius 2 is 2.00 bits per heavy atom. The molecule has 0 amide bonds. The number of fused-ring (bicyclic) bond motifs is 1. The summed E-state index contributed by atoms with van der Waals surface area (Å²) in [6.07, 6.45) is 0.701. The minimum absolute atomic E-state index is 0.00842. The Morgan fingerprint density at radius 1 is 1.31 bits per heavy atom. The summed E-state index contributed by atoms with van der Waals surface area (Å²) < 4.78 is 29.7. The third-order valence-corrected chi connectivity index (χ3v) is 5.18. The van der Waals surface area contributed by atoms with E-state index >= 15 is 0 Å². The fraction of sp³-hybridized carbons (Fsp3) is 0.278.